The van der Waals surface area contributed by atoms with Crippen LogP contribution < -0.4 is 15.8 Å². The van der Waals surface area contributed by atoms with Gasteiger partial charge in [0.25, 0.3) is 0 Å². The molecule has 0 aliphatic carbocycles. The number of ether oxygens (including phenoxy) is 1. The summed E-state index contributed by atoms with van der Waals surface area (Å²) >= 11 is 3.52. The van der Waals surface area contributed by atoms with E-state index in [1.54, 1.807) is 0 Å². The van der Waals surface area contributed by atoms with Gasteiger partial charge in [-0.15, -0.1) is 0 Å². The van der Waals surface area contributed by atoms with Crippen LogP contribution >= 0.6 is 15.9 Å². The molecule has 0 aliphatic rings. The van der Waals surface area contributed by atoms with E-state index in [-0.39, 0.29) is 0 Å². The Labute approximate surface area is 121 Å². The summed E-state index contributed by atoms with van der Waals surface area (Å²) in [6.45, 7) is 4.63. The number of nitrogens with two attached hydrogens (primary N) is 1. The third kappa shape index (κ3) is 3.64. The standard InChI is InChI=1S/C15H17BrN2O/c1-3-19-14-7-11(17)6-13(8-14)18-12-5-4-10(2)15(16)9-12/h4-9,18H,3,17H2,1-2H3. The van der Waals surface area contributed by atoms with E-state index in [1.807, 2.05) is 37.3 Å². The average Bonchev–Trinajstić information content (AvgIpc) is 2.33. The highest BCUT2D eigenvalue weighted by molar-refractivity contribution is 9.10. The first kappa shape index (κ1) is 13.7. The molecule has 0 unspecified atom stereocenters. The Balaban J connectivity index is 2.24. The smallest absolute Gasteiger partial charge is 0.123 e. The summed E-state index contributed by atoms with van der Waals surface area (Å²) in [6, 6.07) is 11.8. The van der Waals surface area contributed by atoms with Gasteiger partial charge in [-0.2, -0.15) is 0 Å². The van der Waals surface area contributed by atoms with E-state index in [9.17, 15) is 0 Å². The molecule has 0 aromatic heterocycles. The fourth-order valence-corrected chi connectivity index (χ4v) is 2.16. The van der Waals surface area contributed by atoms with E-state index in [4.69, 9.17) is 10.5 Å². The molecule has 19 heavy (non-hydrogen) atoms. The molecule has 0 bridgehead atoms. The van der Waals surface area contributed by atoms with Gasteiger partial charge in [0.15, 0.2) is 0 Å². The van der Waals surface area contributed by atoms with E-state index >= 15 is 0 Å². The summed E-state index contributed by atoms with van der Waals surface area (Å²) in [5.74, 6) is 0.774. The van der Waals surface area contributed by atoms with Crippen molar-refractivity contribution in [3.63, 3.8) is 0 Å². The van der Waals surface area contributed by atoms with Crippen LogP contribution in [-0.2, 0) is 0 Å². The molecule has 100 valence electrons. The molecule has 4 heteroatoms. The predicted molar refractivity (Wildman–Crippen MR) is 84.2 cm³/mol. The first-order valence-electron chi connectivity index (χ1n) is 6.15. The Kier molecular flexibility index (Phi) is 4.32. The van der Waals surface area contributed by atoms with Gasteiger partial charge in [-0.05, 0) is 37.6 Å². The quantitative estimate of drug-likeness (QED) is 0.816. The van der Waals surface area contributed by atoms with E-state index in [2.05, 4.69) is 34.2 Å². The summed E-state index contributed by atoms with van der Waals surface area (Å²) in [5, 5.41) is 3.32. The second kappa shape index (κ2) is 5.97. The van der Waals surface area contributed by atoms with Crippen molar-refractivity contribution < 1.29 is 4.74 Å². The number of rotatable bonds is 4. The highest BCUT2D eigenvalue weighted by Gasteiger charge is 2.02. The molecular weight excluding hydrogens is 304 g/mol. The number of nitrogen functional groups attached to an aromatic ring is 1. The van der Waals surface area contributed by atoms with E-state index < -0.39 is 0 Å². The molecule has 0 saturated heterocycles. The first-order chi connectivity index (χ1) is 9.08. The molecule has 2 rings (SSSR count). The molecule has 0 radical (unpaired) electrons. The lowest BCUT2D eigenvalue weighted by molar-refractivity contribution is 0.340. The Morgan fingerprint density at radius 2 is 1.95 bits per heavy atom. The topological polar surface area (TPSA) is 47.3 Å². The van der Waals surface area contributed by atoms with Crippen LogP contribution in [0.25, 0.3) is 0 Å². The zero-order chi connectivity index (χ0) is 13.8. The van der Waals surface area contributed by atoms with Gasteiger partial charge in [-0.3, -0.25) is 0 Å². The lowest BCUT2D eigenvalue weighted by Crippen LogP contribution is -1.97. The van der Waals surface area contributed by atoms with Crippen LogP contribution in [0.3, 0.4) is 0 Å². The van der Waals surface area contributed by atoms with Crippen molar-refractivity contribution in [1.29, 1.82) is 0 Å². The van der Waals surface area contributed by atoms with Gasteiger partial charge < -0.3 is 15.8 Å². The summed E-state index contributed by atoms with van der Waals surface area (Å²) in [5.41, 5.74) is 9.67. The normalized spacial score (nSPS) is 10.3. The van der Waals surface area contributed by atoms with Crippen LogP contribution in [0.5, 0.6) is 5.75 Å². The van der Waals surface area contributed by atoms with Crippen LogP contribution in [-0.4, -0.2) is 6.61 Å². The number of anilines is 3. The van der Waals surface area contributed by atoms with Crippen LogP contribution in [0.2, 0.25) is 0 Å². The Morgan fingerprint density at radius 1 is 1.16 bits per heavy atom. The highest BCUT2D eigenvalue weighted by Crippen LogP contribution is 2.27. The molecule has 3 nitrogen and oxygen atoms in total. The number of aryl methyl sites for hydroxylation is 1. The summed E-state index contributed by atoms with van der Waals surface area (Å²) in [4.78, 5) is 0. The Hall–Kier alpha value is -1.68. The van der Waals surface area contributed by atoms with Crippen LogP contribution in [0.4, 0.5) is 17.1 Å². The number of nitrogens with one attached hydrogen (secondary N) is 1. The third-order valence-electron chi connectivity index (χ3n) is 2.70. The van der Waals surface area contributed by atoms with Gasteiger partial charge in [0.1, 0.15) is 5.75 Å². The monoisotopic (exact) mass is 320 g/mol. The van der Waals surface area contributed by atoms with Gasteiger partial charge in [0, 0.05) is 33.7 Å². The van der Waals surface area contributed by atoms with Crippen molar-refractivity contribution in [3.05, 3.63) is 46.4 Å². The number of hydrogen-bond acceptors (Lipinski definition) is 3. The second-order valence-electron chi connectivity index (χ2n) is 4.31. The number of hydrogen-bond donors (Lipinski definition) is 2. The summed E-state index contributed by atoms with van der Waals surface area (Å²) in [7, 11) is 0. The van der Waals surface area contributed by atoms with Crippen LogP contribution in [0.1, 0.15) is 12.5 Å². The van der Waals surface area contributed by atoms with Gasteiger partial charge in [-0.25, -0.2) is 0 Å². The van der Waals surface area contributed by atoms with E-state index in [0.717, 1.165) is 21.6 Å². The minimum Gasteiger partial charge on any atom is -0.494 e. The average molecular weight is 321 g/mol. The minimum absolute atomic E-state index is 0.624. The maximum atomic E-state index is 5.87. The molecule has 0 heterocycles. The lowest BCUT2D eigenvalue weighted by Gasteiger charge is -2.11. The largest absolute Gasteiger partial charge is 0.494 e. The van der Waals surface area contributed by atoms with Crippen molar-refractivity contribution >= 4 is 33.0 Å². The number of halogens is 1. The molecule has 3 N–H and O–H groups in total. The van der Waals surface area contributed by atoms with Gasteiger partial charge >= 0.3 is 0 Å². The maximum absolute atomic E-state index is 5.87. The van der Waals surface area contributed by atoms with E-state index in [0.29, 0.717) is 12.3 Å². The number of benzene rings is 2. The molecule has 0 spiro atoms. The van der Waals surface area contributed by atoms with Crippen molar-refractivity contribution in [2.75, 3.05) is 17.7 Å². The molecule has 2 aromatic carbocycles. The molecule has 0 amide bonds. The molecule has 0 fully saturated rings. The minimum atomic E-state index is 0.624. The summed E-state index contributed by atoms with van der Waals surface area (Å²) < 4.78 is 6.55. The van der Waals surface area contributed by atoms with Gasteiger partial charge in [-0.1, -0.05) is 22.0 Å². The highest BCUT2D eigenvalue weighted by atomic mass is 79.9. The third-order valence-corrected chi connectivity index (χ3v) is 3.55. The lowest BCUT2D eigenvalue weighted by atomic mass is 10.2. The molecule has 0 saturated carbocycles. The van der Waals surface area contributed by atoms with Crippen LogP contribution in [0.15, 0.2) is 40.9 Å². The maximum Gasteiger partial charge on any atom is 0.123 e. The van der Waals surface area contributed by atoms with Gasteiger partial charge in [0.2, 0.25) is 0 Å². The first-order valence-corrected chi connectivity index (χ1v) is 6.94. The fourth-order valence-electron chi connectivity index (χ4n) is 1.78. The van der Waals surface area contributed by atoms with E-state index in [1.165, 1.54) is 5.56 Å². The predicted octanol–water partition coefficient (Wildman–Crippen LogP) is 4.48. The fraction of sp³-hybridized carbons (Fsp3) is 0.200. The van der Waals surface area contributed by atoms with Crippen molar-refractivity contribution in [1.82, 2.24) is 0 Å². The molecular formula is C15H17BrN2O. The molecule has 2 aromatic rings. The van der Waals surface area contributed by atoms with Crippen LogP contribution in [0, 0.1) is 6.92 Å². The SMILES string of the molecule is CCOc1cc(N)cc(Nc2ccc(C)c(Br)c2)c1. The zero-order valence-corrected chi connectivity index (χ0v) is 12.6. The molecule has 0 atom stereocenters. The Bertz CT molecular complexity index is 584. The van der Waals surface area contributed by atoms with Crippen molar-refractivity contribution in [2.24, 2.45) is 0 Å². The summed E-state index contributed by atoms with van der Waals surface area (Å²) in [6.07, 6.45) is 0. The zero-order valence-electron chi connectivity index (χ0n) is 11.0. The van der Waals surface area contributed by atoms with Gasteiger partial charge in [0.05, 0.1) is 6.61 Å². The van der Waals surface area contributed by atoms with Crippen molar-refractivity contribution in [3.8, 4) is 5.75 Å². The second-order valence-corrected chi connectivity index (χ2v) is 5.17. The van der Waals surface area contributed by atoms with Crippen molar-refractivity contribution in [2.45, 2.75) is 13.8 Å². The Morgan fingerprint density at radius 3 is 2.63 bits per heavy atom. The molecule has 0 aliphatic heterocycles.